The average Bonchev–Trinajstić information content (AvgIpc) is 2.04. The molecular weight excluding hydrogens is 231 g/mol. The fraction of sp³-hybridized carbons (Fsp3) is 0. The zero-order chi connectivity index (χ0) is 8.27. The van der Waals surface area contributed by atoms with Crippen molar-refractivity contribution in [2.24, 2.45) is 0 Å². The molecule has 0 bridgehead atoms. The van der Waals surface area contributed by atoms with Crippen LogP contribution in [0.2, 0.25) is 0 Å². The van der Waals surface area contributed by atoms with E-state index in [2.05, 4.69) is 20.2 Å². The minimum absolute atomic E-state index is 0.366. The summed E-state index contributed by atoms with van der Waals surface area (Å²) in [7, 11) is 0. The normalized spacial score (nSPS) is 9.27. The van der Waals surface area contributed by atoms with Gasteiger partial charge in [-0.1, -0.05) is 15.9 Å². The summed E-state index contributed by atoms with van der Waals surface area (Å²) in [5.41, 5.74) is 0.425. The van der Waals surface area contributed by atoms with Crippen LogP contribution in [0, 0.1) is 0 Å². The Labute approximate surface area is 77.4 Å². The van der Waals surface area contributed by atoms with Crippen molar-refractivity contribution < 1.29 is 9.08 Å². The quantitative estimate of drug-likeness (QED) is 0.737. The van der Waals surface area contributed by atoms with E-state index in [1.165, 1.54) is 0 Å². The van der Waals surface area contributed by atoms with Gasteiger partial charge >= 0.3 is 0 Å². The molecular formula is C7H4BrClO2. The molecule has 0 saturated carbocycles. The second-order valence-corrected chi connectivity index (χ2v) is 2.95. The van der Waals surface area contributed by atoms with Crippen molar-refractivity contribution in [1.82, 2.24) is 0 Å². The van der Waals surface area contributed by atoms with Crippen molar-refractivity contribution in [1.29, 1.82) is 0 Å². The first kappa shape index (κ1) is 8.56. The average molecular weight is 235 g/mol. The van der Waals surface area contributed by atoms with E-state index >= 15 is 0 Å². The van der Waals surface area contributed by atoms with Gasteiger partial charge in [-0.2, -0.15) is 0 Å². The van der Waals surface area contributed by atoms with E-state index in [9.17, 15) is 4.79 Å². The van der Waals surface area contributed by atoms with Crippen molar-refractivity contribution in [3.05, 3.63) is 28.2 Å². The molecule has 0 saturated heterocycles. The van der Waals surface area contributed by atoms with Crippen molar-refractivity contribution in [3.8, 4) is 5.75 Å². The maximum atomic E-state index is 10.4. The molecule has 0 unspecified atom stereocenters. The van der Waals surface area contributed by atoms with Crippen LogP contribution in [0.5, 0.6) is 5.75 Å². The molecule has 1 aromatic rings. The first-order valence-electron chi connectivity index (χ1n) is 2.81. The van der Waals surface area contributed by atoms with Gasteiger partial charge in [0.25, 0.3) is 0 Å². The summed E-state index contributed by atoms with van der Waals surface area (Å²) in [5, 5.41) is 0. The molecule has 0 fully saturated rings. The monoisotopic (exact) mass is 234 g/mol. The summed E-state index contributed by atoms with van der Waals surface area (Å²) in [5.74, 6) is 0.366. The van der Waals surface area contributed by atoms with Gasteiger partial charge in [0, 0.05) is 4.47 Å². The van der Waals surface area contributed by atoms with Crippen LogP contribution in [-0.2, 0) is 0 Å². The highest BCUT2D eigenvalue weighted by Gasteiger charge is 2.01. The molecule has 0 aliphatic carbocycles. The number of aldehydes is 1. The Bertz CT molecular complexity index is 275. The van der Waals surface area contributed by atoms with Crippen molar-refractivity contribution in [3.63, 3.8) is 0 Å². The van der Waals surface area contributed by atoms with Crippen LogP contribution in [-0.4, -0.2) is 6.29 Å². The van der Waals surface area contributed by atoms with Gasteiger partial charge < -0.3 is 4.29 Å². The Morgan fingerprint density at radius 1 is 1.55 bits per heavy atom. The summed E-state index contributed by atoms with van der Waals surface area (Å²) in [4.78, 5) is 10.4. The van der Waals surface area contributed by atoms with Crippen LogP contribution in [0.25, 0.3) is 0 Å². The Morgan fingerprint density at radius 3 is 2.82 bits per heavy atom. The molecule has 0 spiro atoms. The van der Waals surface area contributed by atoms with Crippen LogP contribution in [0.3, 0.4) is 0 Å². The molecule has 58 valence electrons. The predicted octanol–water partition coefficient (Wildman–Crippen LogP) is 2.79. The molecule has 0 heterocycles. The molecule has 0 aromatic heterocycles. The lowest BCUT2D eigenvalue weighted by molar-refractivity contribution is 0.112. The van der Waals surface area contributed by atoms with Gasteiger partial charge in [0.05, 0.1) is 5.56 Å². The number of hydrogen-bond acceptors (Lipinski definition) is 2. The highest BCUT2D eigenvalue weighted by molar-refractivity contribution is 9.10. The van der Waals surface area contributed by atoms with Gasteiger partial charge in [-0.15, -0.1) is 0 Å². The van der Waals surface area contributed by atoms with E-state index < -0.39 is 0 Å². The molecule has 11 heavy (non-hydrogen) atoms. The molecule has 0 aliphatic rings. The van der Waals surface area contributed by atoms with Crippen molar-refractivity contribution >= 4 is 34.1 Å². The number of rotatable bonds is 2. The number of benzene rings is 1. The van der Waals surface area contributed by atoms with Gasteiger partial charge in [-0.25, -0.2) is 0 Å². The molecule has 0 aliphatic heterocycles. The second kappa shape index (κ2) is 3.74. The minimum Gasteiger partial charge on any atom is -0.385 e. The maximum Gasteiger partial charge on any atom is 0.156 e. The second-order valence-electron chi connectivity index (χ2n) is 1.88. The number of hydrogen-bond donors (Lipinski definition) is 0. The topological polar surface area (TPSA) is 26.3 Å². The molecule has 1 rings (SSSR count). The summed E-state index contributed by atoms with van der Waals surface area (Å²) in [6.07, 6.45) is 0.683. The van der Waals surface area contributed by atoms with E-state index in [-0.39, 0.29) is 0 Å². The fourth-order valence-corrected chi connectivity index (χ4v) is 1.20. The molecule has 1 aromatic carbocycles. The van der Waals surface area contributed by atoms with E-state index in [1.54, 1.807) is 18.2 Å². The van der Waals surface area contributed by atoms with Crippen LogP contribution < -0.4 is 4.29 Å². The zero-order valence-corrected chi connectivity index (χ0v) is 7.72. The van der Waals surface area contributed by atoms with Crippen LogP contribution >= 0.6 is 27.8 Å². The summed E-state index contributed by atoms with van der Waals surface area (Å²) >= 11 is 8.30. The Hall–Kier alpha value is -0.540. The number of carbonyl (C=O) groups is 1. The molecule has 2 nitrogen and oxygen atoms in total. The van der Waals surface area contributed by atoms with Crippen LogP contribution in [0.4, 0.5) is 0 Å². The van der Waals surface area contributed by atoms with Gasteiger partial charge in [0.1, 0.15) is 11.9 Å². The lowest BCUT2D eigenvalue weighted by Gasteiger charge is -1.98. The van der Waals surface area contributed by atoms with E-state index in [1.807, 2.05) is 0 Å². The lowest BCUT2D eigenvalue weighted by Crippen LogP contribution is -1.84. The maximum absolute atomic E-state index is 10.4. The zero-order valence-electron chi connectivity index (χ0n) is 5.38. The molecule has 0 N–H and O–H groups in total. The van der Waals surface area contributed by atoms with Crippen LogP contribution in [0.15, 0.2) is 22.7 Å². The van der Waals surface area contributed by atoms with E-state index in [4.69, 9.17) is 11.9 Å². The van der Waals surface area contributed by atoms with Gasteiger partial charge in [0.15, 0.2) is 12.0 Å². The highest BCUT2D eigenvalue weighted by atomic mass is 79.9. The Balaban J connectivity index is 3.16. The third-order valence-corrected chi connectivity index (χ3v) is 1.84. The van der Waals surface area contributed by atoms with Crippen LogP contribution in [0.1, 0.15) is 10.4 Å². The van der Waals surface area contributed by atoms with E-state index in [0.29, 0.717) is 17.6 Å². The standard InChI is InChI=1S/C7H4BrClO2/c8-6-1-2-7(11-9)5(3-6)4-10/h1-4H. The van der Waals surface area contributed by atoms with Crippen molar-refractivity contribution in [2.75, 3.05) is 0 Å². The third kappa shape index (κ3) is 1.94. The number of halogens is 2. The van der Waals surface area contributed by atoms with Gasteiger partial charge in [-0.05, 0) is 18.2 Å². The number of carbonyl (C=O) groups excluding carboxylic acids is 1. The van der Waals surface area contributed by atoms with Gasteiger partial charge in [-0.3, -0.25) is 4.79 Å². The van der Waals surface area contributed by atoms with Crippen molar-refractivity contribution in [2.45, 2.75) is 0 Å². The largest absolute Gasteiger partial charge is 0.385 e. The Kier molecular flexibility index (Phi) is 2.91. The molecule has 0 atom stereocenters. The summed E-state index contributed by atoms with van der Waals surface area (Å²) in [6, 6.07) is 4.98. The first-order valence-corrected chi connectivity index (χ1v) is 3.91. The fourth-order valence-electron chi connectivity index (χ4n) is 0.682. The highest BCUT2D eigenvalue weighted by Crippen LogP contribution is 2.22. The smallest absolute Gasteiger partial charge is 0.156 e. The Morgan fingerprint density at radius 2 is 2.27 bits per heavy atom. The summed E-state index contributed by atoms with van der Waals surface area (Å²) < 4.78 is 5.23. The third-order valence-electron chi connectivity index (χ3n) is 1.18. The predicted molar refractivity (Wildman–Crippen MR) is 46.0 cm³/mol. The molecule has 0 amide bonds. The SMILES string of the molecule is O=Cc1cc(Br)ccc1OCl. The van der Waals surface area contributed by atoms with E-state index in [0.717, 1.165) is 4.47 Å². The molecule has 0 radical (unpaired) electrons. The first-order chi connectivity index (χ1) is 5.27. The minimum atomic E-state index is 0.366. The molecule has 4 heteroatoms. The van der Waals surface area contributed by atoms with Gasteiger partial charge in [0.2, 0.25) is 0 Å². The summed E-state index contributed by atoms with van der Waals surface area (Å²) in [6.45, 7) is 0. The lowest BCUT2D eigenvalue weighted by atomic mass is 10.2.